The standard InChI is InChI=1S/C25H21ClF3N5O5/c1-37-15-5-6-32(12-15)20-9-19-21(22(31-20)38-2)23(35)34(14-7-16(11-30-10-14)39-24(28)29)25(36)33(19)13-3-4-18(27)17(26)8-13/h3-4,7-11,15,24H,5-6,12H2,1-2H3/t15-/m1/s1/i1D3. The molecule has 1 aliphatic heterocycles. The first kappa shape index (κ1) is 22.8. The third-order valence-corrected chi connectivity index (χ3v) is 6.45. The van der Waals surface area contributed by atoms with Crippen molar-refractivity contribution >= 4 is 28.3 Å². The van der Waals surface area contributed by atoms with Gasteiger partial charge in [-0.25, -0.2) is 13.8 Å². The van der Waals surface area contributed by atoms with Crippen LogP contribution in [0.1, 0.15) is 10.5 Å². The van der Waals surface area contributed by atoms with Crippen LogP contribution in [0, 0.1) is 5.82 Å². The van der Waals surface area contributed by atoms with E-state index in [4.69, 9.17) is 25.2 Å². The molecule has 204 valence electrons. The molecule has 0 radical (unpaired) electrons. The van der Waals surface area contributed by atoms with Crippen molar-refractivity contribution in [1.82, 2.24) is 19.1 Å². The SMILES string of the molecule is [2H]C([2H])([2H])O[C@@H]1CCN(c2cc3c(c(OC)n2)c(=O)n(-c2cncc(OC(F)F)c2)c(=O)n3-c2ccc(F)c(Cl)c2)C1. The van der Waals surface area contributed by atoms with Crippen molar-refractivity contribution < 1.29 is 31.5 Å². The lowest BCUT2D eigenvalue weighted by molar-refractivity contribution is -0.0500. The molecule has 1 saturated heterocycles. The Morgan fingerprint density at radius 1 is 1.15 bits per heavy atom. The molecule has 0 saturated carbocycles. The highest BCUT2D eigenvalue weighted by atomic mass is 35.5. The number of ether oxygens (including phenoxy) is 3. The predicted octanol–water partition coefficient (Wildman–Crippen LogP) is 3.56. The largest absolute Gasteiger partial charge is 0.480 e. The van der Waals surface area contributed by atoms with Crippen LogP contribution in [0.3, 0.4) is 0 Å². The van der Waals surface area contributed by atoms with E-state index < -0.39 is 42.6 Å². The molecule has 1 aromatic carbocycles. The fourth-order valence-corrected chi connectivity index (χ4v) is 4.59. The van der Waals surface area contributed by atoms with E-state index in [1.54, 1.807) is 4.90 Å². The van der Waals surface area contributed by atoms with E-state index in [2.05, 4.69) is 14.7 Å². The maximum absolute atomic E-state index is 14.1. The number of fused-ring (bicyclic) bond motifs is 1. The summed E-state index contributed by atoms with van der Waals surface area (Å²) in [5.41, 5.74) is -2.05. The number of rotatable bonds is 7. The molecule has 4 aromatic rings. The minimum Gasteiger partial charge on any atom is -0.480 e. The van der Waals surface area contributed by atoms with Crippen LogP contribution in [-0.2, 0) is 4.74 Å². The number of halogens is 4. The molecular formula is C25H21ClF3N5O5. The molecule has 10 nitrogen and oxygen atoms in total. The number of methoxy groups -OCH3 is 2. The van der Waals surface area contributed by atoms with Crippen molar-refractivity contribution in [3.05, 3.63) is 74.4 Å². The van der Waals surface area contributed by atoms with Crippen molar-refractivity contribution in [1.29, 1.82) is 0 Å². The number of hydrogen-bond acceptors (Lipinski definition) is 8. The molecule has 1 atom stereocenters. The van der Waals surface area contributed by atoms with E-state index in [-0.39, 0.29) is 45.5 Å². The smallest absolute Gasteiger partial charge is 0.387 e. The first-order valence-corrected chi connectivity index (χ1v) is 11.8. The molecule has 39 heavy (non-hydrogen) atoms. The summed E-state index contributed by atoms with van der Waals surface area (Å²) in [6.45, 7) is -2.70. The van der Waals surface area contributed by atoms with Crippen molar-refractivity contribution in [2.75, 3.05) is 32.1 Å². The second-order valence-corrected chi connectivity index (χ2v) is 8.88. The van der Waals surface area contributed by atoms with E-state index in [9.17, 15) is 22.8 Å². The Morgan fingerprint density at radius 3 is 2.69 bits per heavy atom. The number of aromatic nitrogens is 4. The number of pyridine rings is 2. The number of hydrogen-bond donors (Lipinski definition) is 0. The van der Waals surface area contributed by atoms with Gasteiger partial charge in [0.1, 0.15) is 22.8 Å². The van der Waals surface area contributed by atoms with Crippen LogP contribution in [0.4, 0.5) is 19.0 Å². The van der Waals surface area contributed by atoms with E-state index in [1.807, 2.05) is 0 Å². The van der Waals surface area contributed by atoms with E-state index in [0.717, 1.165) is 29.1 Å². The lowest BCUT2D eigenvalue weighted by Crippen LogP contribution is -2.39. The Hall–Kier alpha value is -4.10. The lowest BCUT2D eigenvalue weighted by Gasteiger charge is -2.21. The minimum atomic E-state index is -3.19. The number of benzene rings is 1. The number of nitrogens with zero attached hydrogens (tertiary/aromatic N) is 5. The summed E-state index contributed by atoms with van der Waals surface area (Å²) in [6, 6.07) is 5.91. The molecule has 0 N–H and O–H groups in total. The third kappa shape index (κ3) is 4.90. The predicted molar refractivity (Wildman–Crippen MR) is 137 cm³/mol. The highest BCUT2D eigenvalue weighted by molar-refractivity contribution is 6.30. The monoisotopic (exact) mass is 566 g/mol. The van der Waals surface area contributed by atoms with Crippen molar-refractivity contribution in [3.8, 4) is 23.0 Å². The summed E-state index contributed by atoms with van der Waals surface area (Å²) in [4.78, 5) is 37.8. The van der Waals surface area contributed by atoms with Crippen LogP contribution in [0.15, 0.2) is 52.3 Å². The number of alkyl halides is 2. The van der Waals surface area contributed by atoms with Gasteiger partial charge in [0.15, 0.2) is 0 Å². The van der Waals surface area contributed by atoms with Crippen LogP contribution in [0.2, 0.25) is 5.02 Å². The molecule has 14 heteroatoms. The average Bonchev–Trinajstić information content (AvgIpc) is 3.36. The molecular weight excluding hydrogens is 543 g/mol. The number of anilines is 1. The summed E-state index contributed by atoms with van der Waals surface area (Å²) < 4.78 is 78.6. The van der Waals surface area contributed by atoms with Crippen molar-refractivity contribution in [2.45, 2.75) is 19.1 Å². The molecule has 0 spiro atoms. The molecule has 0 amide bonds. The summed E-state index contributed by atoms with van der Waals surface area (Å²) in [7, 11) is -1.35. The fraction of sp³-hybridized carbons (Fsp3) is 0.280. The highest BCUT2D eigenvalue weighted by Crippen LogP contribution is 2.30. The molecule has 1 fully saturated rings. The summed E-state index contributed by atoms with van der Waals surface area (Å²) in [5, 5.41) is -0.499. The molecule has 1 aliphatic rings. The van der Waals surface area contributed by atoms with Gasteiger partial charge in [0.2, 0.25) is 5.88 Å². The quantitative estimate of drug-likeness (QED) is 0.335. The molecule has 5 rings (SSSR count). The van der Waals surface area contributed by atoms with Gasteiger partial charge in [-0.3, -0.25) is 14.3 Å². The van der Waals surface area contributed by atoms with Gasteiger partial charge in [-0.2, -0.15) is 13.8 Å². The van der Waals surface area contributed by atoms with Crippen LogP contribution in [0.5, 0.6) is 11.6 Å². The summed E-state index contributed by atoms with van der Waals surface area (Å²) in [5.74, 6) is -1.13. The zero-order valence-electron chi connectivity index (χ0n) is 23.1. The molecule has 3 aromatic heterocycles. The van der Waals surface area contributed by atoms with E-state index in [1.165, 1.54) is 25.3 Å². The Balaban J connectivity index is 1.77. The normalized spacial score (nSPS) is 16.8. The van der Waals surface area contributed by atoms with Gasteiger partial charge in [-0.15, -0.1) is 0 Å². The first-order valence-electron chi connectivity index (χ1n) is 12.9. The minimum absolute atomic E-state index is 0.00101. The lowest BCUT2D eigenvalue weighted by atomic mass is 10.2. The second-order valence-electron chi connectivity index (χ2n) is 8.47. The Bertz CT molecular complexity index is 1790. The molecule has 0 bridgehead atoms. The summed E-state index contributed by atoms with van der Waals surface area (Å²) in [6.07, 6.45) is 1.81. The van der Waals surface area contributed by atoms with Gasteiger partial charge in [0.05, 0.1) is 51.6 Å². The fourth-order valence-electron chi connectivity index (χ4n) is 4.42. The van der Waals surface area contributed by atoms with E-state index >= 15 is 0 Å². The van der Waals surface area contributed by atoms with Crippen LogP contribution < -0.4 is 25.6 Å². The molecule has 0 unspecified atom stereocenters. The zero-order valence-corrected chi connectivity index (χ0v) is 20.9. The third-order valence-electron chi connectivity index (χ3n) is 6.16. The van der Waals surface area contributed by atoms with Gasteiger partial charge in [0, 0.05) is 32.3 Å². The van der Waals surface area contributed by atoms with Gasteiger partial charge >= 0.3 is 12.3 Å². The van der Waals surface area contributed by atoms with Gasteiger partial charge < -0.3 is 19.1 Å². The topological polar surface area (TPSA) is 101 Å². The van der Waals surface area contributed by atoms with Crippen LogP contribution in [0.25, 0.3) is 22.3 Å². The molecule has 4 heterocycles. The van der Waals surface area contributed by atoms with Gasteiger partial charge in [-0.05, 0) is 24.6 Å². The van der Waals surface area contributed by atoms with Gasteiger partial charge in [-0.1, -0.05) is 11.6 Å². The first-order chi connectivity index (χ1) is 19.9. The second kappa shape index (κ2) is 10.6. The Kier molecular flexibility index (Phi) is 6.20. The molecule has 0 aliphatic carbocycles. The van der Waals surface area contributed by atoms with Gasteiger partial charge in [0.25, 0.3) is 5.56 Å². The van der Waals surface area contributed by atoms with Crippen molar-refractivity contribution in [3.63, 3.8) is 0 Å². The van der Waals surface area contributed by atoms with Crippen molar-refractivity contribution in [2.24, 2.45) is 0 Å². The maximum Gasteiger partial charge on any atom is 0.387 e. The Morgan fingerprint density at radius 2 is 1.97 bits per heavy atom. The zero-order chi connectivity index (χ0) is 30.3. The Labute approximate surface area is 228 Å². The average molecular weight is 567 g/mol. The van der Waals surface area contributed by atoms with Crippen LogP contribution in [-0.4, -0.2) is 59.1 Å². The maximum atomic E-state index is 14.1. The van der Waals surface area contributed by atoms with E-state index in [0.29, 0.717) is 17.5 Å². The summed E-state index contributed by atoms with van der Waals surface area (Å²) >= 11 is 6.03. The van der Waals surface area contributed by atoms with Crippen LogP contribution >= 0.6 is 11.6 Å². The highest BCUT2D eigenvalue weighted by Gasteiger charge is 2.27.